The second-order valence-electron chi connectivity index (χ2n) is 4.91. The summed E-state index contributed by atoms with van der Waals surface area (Å²) in [5.74, 6) is -0.632. The Morgan fingerprint density at radius 2 is 2.12 bits per heavy atom. The molecule has 2 N–H and O–H groups in total. The van der Waals surface area contributed by atoms with Crippen molar-refractivity contribution in [2.45, 2.75) is 31.2 Å². The van der Waals surface area contributed by atoms with E-state index in [0.29, 0.717) is 25.3 Å². The SMILES string of the molecule is O=C(O)C1(NCC2CC2)CCCS(=O)(=O)C1. The normalized spacial score (nSPS) is 33.5. The van der Waals surface area contributed by atoms with Crippen LogP contribution in [0.1, 0.15) is 25.7 Å². The fraction of sp³-hybridized carbons (Fsp3) is 0.900. The highest BCUT2D eigenvalue weighted by Gasteiger charge is 2.45. The van der Waals surface area contributed by atoms with Gasteiger partial charge in [-0.05, 0) is 38.1 Å². The van der Waals surface area contributed by atoms with E-state index < -0.39 is 21.3 Å². The lowest BCUT2D eigenvalue weighted by atomic mass is 9.95. The number of hydrogen-bond acceptors (Lipinski definition) is 4. The maximum Gasteiger partial charge on any atom is 0.324 e. The molecule has 0 aromatic heterocycles. The second-order valence-corrected chi connectivity index (χ2v) is 7.09. The largest absolute Gasteiger partial charge is 0.480 e. The average molecular weight is 247 g/mol. The Hall–Kier alpha value is -0.620. The van der Waals surface area contributed by atoms with Crippen LogP contribution in [0.5, 0.6) is 0 Å². The summed E-state index contributed by atoms with van der Waals surface area (Å²) in [4.78, 5) is 11.3. The molecule has 1 aliphatic carbocycles. The summed E-state index contributed by atoms with van der Waals surface area (Å²) in [6.45, 7) is 0.627. The Labute approximate surface area is 95.1 Å². The van der Waals surface area contributed by atoms with E-state index in [1.807, 2.05) is 0 Å². The Bertz CT molecular complexity index is 388. The van der Waals surface area contributed by atoms with E-state index in [9.17, 15) is 18.3 Å². The van der Waals surface area contributed by atoms with E-state index in [1.54, 1.807) is 0 Å². The van der Waals surface area contributed by atoms with Gasteiger partial charge in [-0.1, -0.05) is 0 Å². The van der Waals surface area contributed by atoms with Crippen LogP contribution < -0.4 is 5.32 Å². The first kappa shape index (κ1) is 11.9. The van der Waals surface area contributed by atoms with Gasteiger partial charge in [-0.2, -0.15) is 0 Å². The summed E-state index contributed by atoms with van der Waals surface area (Å²) >= 11 is 0. The summed E-state index contributed by atoms with van der Waals surface area (Å²) in [6, 6.07) is 0. The first-order chi connectivity index (χ1) is 7.44. The minimum atomic E-state index is -3.21. The monoisotopic (exact) mass is 247 g/mol. The lowest BCUT2D eigenvalue weighted by Crippen LogP contribution is -2.59. The summed E-state index contributed by atoms with van der Waals surface area (Å²) < 4.78 is 23.1. The van der Waals surface area contributed by atoms with Gasteiger partial charge in [0.15, 0.2) is 9.84 Å². The van der Waals surface area contributed by atoms with Gasteiger partial charge in [0.1, 0.15) is 5.54 Å². The molecule has 5 nitrogen and oxygen atoms in total. The number of carbonyl (C=O) groups is 1. The van der Waals surface area contributed by atoms with Crippen molar-refractivity contribution in [2.75, 3.05) is 18.1 Å². The molecule has 0 spiro atoms. The van der Waals surface area contributed by atoms with Gasteiger partial charge in [-0.15, -0.1) is 0 Å². The fourth-order valence-electron chi connectivity index (χ4n) is 2.16. The molecule has 1 saturated carbocycles. The third-order valence-corrected chi connectivity index (χ3v) is 5.20. The number of carboxylic acid groups (broad SMARTS) is 1. The number of aliphatic carboxylic acids is 1. The van der Waals surface area contributed by atoms with Crippen LogP contribution in [0.3, 0.4) is 0 Å². The van der Waals surface area contributed by atoms with Crippen LogP contribution in [0.2, 0.25) is 0 Å². The fourth-order valence-corrected chi connectivity index (χ4v) is 4.01. The van der Waals surface area contributed by atoms with E-state index in [0.717, 1.165) is 12.8 Å². The van der Waals surface area contributed by atoms with Crippen LogP contribution >= 0.6 is 0 Å². The first-order valence-corrected chi connectivity index (χ1v) is 7.45. The predicted molar refractivity (Wildman–Crippen MR) is 59.0 cm³/mol. The zero-order valence-corrected chi connectivity index (χ0v) is 9.92. The lowest BCUT2D eigenvalue weighted by molar-refractivity contribution is -0.144. The number of rotatable bonds is 4. The molecule has 1 atom stereocenters. The van der Waals surface area contributed by atoms with E-state index in [2.05, 4.69) is 5.32 Å². The molecule has 0 aromatic rings. The van der Waals surface area contributed by atoms with Gasteiger partial charge >= 0.3 is 5.97 Å². The number of nitrogens with one attached hydrogen (secondary N) is 1. The molecule has 0 radical (unpaired) electrons. The Balaban J connectivity index is 2.10. The van der Waals surface area contributed by atoms with Gasteiger partial charge in [0, 0.05) is 0 Å². The van der Waals surface area contributed by atoms with Crippen LogP contribution in [0.4, 0.5) is 0 Å². The molecule has 2 rings (SSSR count). The van der Waals surface area contributed by atoms with Gasteiger partial charge in [0.25, 0.3) is 0 Å². The minimum Gasteiger partial charge on any atom is -0.480 e. The van der Waals surface area contributed by atoms with E-state index in [-0.39, 0.29) is 11.5 Å². The number of carboxylic acids is 1. The average Bonchev–Trinajstić information content (AvgIpc) is 2.96. The molecule has 1 aliphatic heterocycles. The van der Waals surface area contributed by atoms with Crippen molar-refractivity contribution in [1.29, 1.82) is 0 Å². The molecular formula is C10H17NO4S. The highest BCUT2D eigenvalue weighted by atomic mass is 32.2. The highest BCUT2D eigenvalue weighted by molar-refractivity contribution is 7.91. The molecule has 1 saturated heterocycles. The summed E-state index contributed by atoms with van der Waals surface area (Å²) in [5, 5.41) is 12.2. The van der Waals surface area contributed by atoms with E-state index in [1.165, 1.54) is 0 Å². The van der Waals surface area contributed by atoms with Gasteiger partial charge in [0.05, 0.1) is 11.5 Å². The van der Waals surface area contributed by atoms with Crippen molar-refractivity contribution in [3.8, 4) is 0 Å². The maximum atomic E-state index is 11.5. The van der Waals surface area contributed by atoms with Crippen LogP contribution in [-0.4, -0.2) is 43.1 Å². The van der Waals surface area contributed by atoms with Crippen LogP contribution in [0, 0.1) is 5.92 Å². The molecule has 2 aliphatic rings. The molecule has 6 heteroatoms. The maximum absolute atomic E-state index is 11.5. The van der Waals surface area contributed by atoms with Gasteiger partial charge < -0.3 is 10.4 Å². The number of hydrogen-bond donors (Lipinski definition) is 2. The number of sulfone groups is 1. The predicted octanol–water partition coefficient (Wildman–Crippen LogP) is 0.0180. The van der Waals surface area contributed by atoms with Crippen molar-refractivity contribution >= 4 is 15.8 Å². The molecule has 0 bridgehead atoms. The zero-order valence-electron chi connectivity index (χ0n) is 9.11. The van der Waals surface area contributed by atoms with Gasteiger partial charge in [-0.3, -0.25) is 4.79 Å². The van der Waals surface area contributed by atoms with Crippen molar-refractivity contribution in [3.63, 3.8) is 0 Å². The van der Waals surface area contributed by atoms with Crippen LogP contribution in [0.15, 0.2) is 0 Å². The van der Waals surface area contributed by atoms with E-state index >= 15 is 0 Å². The van der Waals surface area contributed by atoms with Gasteiger partial charge in [0.2, 0.25) is 0 Å². The van der Waals surface area contributed by atoms with Crippen molar-refractivity contribution in [1.82, 2.24) is 5.32 Å². The summed E-state index contributed by atoms with van der Waals surface area (Å²) in [6.07, 6.45) is 3.09. The third kappa shape index (κ3) is 2.55. The standard InChI is InChI=1S/C10H17NO4S/c12-9(13)10(11-6-8-2-3-8)4-1-5-16(14,15)7-10/h8,11H,1-7H2,(H,12,13). The molecule has 1 heterocycles. The second kappa shape index (κ2) is 4.00. The quantitative estimate of drug-likeness (QED) is 0.731. The smallest absolute Gasteiger partial charge is 0.324 e. The molecule has 92 valence electrons. The van der Waals surface area contributed by atoms with Crippen LogP contribution in [-0.2, 0) is 14.6 Å². The molecule has 0 aromatic carbocycles. The van der Waals surface area contributed by atoms with E-state index in [4.69, 9.17) is 0 Å². The molecule has 1 unspecified atom stereocenters. The minimum absolute atomic E-state index is 0.118. The topological polar surface area (TPSA) is 83.5 Å². The zero-order chi connectivity index (χ0) is 11.8. The molecule has 0 amide bonds. The van der Waals surface area contributed by atoms with Gasteiger partial charge in [-0.25, -0.2) is 8.42 Å². The summed E-state index contributed by atoms with van der Waals surface area (Å²) in [5.41, 5.74) is -1.24. The molecule has 2 fully saturated rings. The Morgan fingerprint density at radius 3 is 2.62 bits per heavy atom. The highest BCUT2D eigenvalue weighted by Crippen LogP contribution is 2.30. The van der Waals surface area contributed by atoms with Crippen molar-refractivity contribution < 1.29 is 18.3 Å². The van der Waals surface area contributed by atoms with Crippen LogP contribution in [0.25, 0.3) is 0 Å². The van der Waals surface area contributed by atoms with Crippen molar-refractivity contribution in [2.24, 2.45) is 5.92 Å². The third-order valence-electron chi connectivity index (χ3n) is 3.36. The Morgan fingerprint density at radius 1 is 1.44 bits per heavy atom. The lowest BCUT2D eigenvalue weighted by Gasteiger charge is -2.33. The molecule has 16 heavy (non-hydrogen) atoms. The Kier molecular flexibility index (Phi) is 2.96. The first-order valence-electron chi connectivity index (χ1n) is 5.62. The summed E-state index contributed by atoms with van der Waals surface area (Å²) in [7, 11) is -3.21. The molecular weight excluding hydrogens is 230 g/mol. The van der Waals surface area contributed by atoms with Crippen molar-refractivity contribution in [3.05, 3.63) is 0 Å².